The summed E-state index contributed by atoms with van der Waals surface area (Å²) < 4.78 is 19.1. The molecule has 7 heteroatoms. The van der Waals surface area contributed by atoms with Gasteiger partial charge in [0.25, 0.3) is 5.91 Å². The zero-order chi connectivity index (χ0) is 17.8. The second kappa shape index (κ2) is 7.93. The fraction of sp³-hybridized carbons (Fsp3) is 0.556. The van der Waals surface area contributed by atoms with Crippen LogP contribution in [0.4, 0.5) is 4.39 Å². The standard InChI is InChI=1S/C18H24FN3O3/c1-14(17(23)22-10-12-25-13-11-22)20-6-8-21(9-7-20)18(24)15-4-2-3-5-16(15)19/h2-5,14H,6-13H2,1H3. The Morgan fingerprint density at radius 1 is 1.00 bits per heavy atom. The van der Waals surface area contributed by atoms with Crippen molar-refractivity contribution < 1.29 is 18.7 Å². The van der Waals surface area contributed by atoms with Gasteiger partial charge in [-0.15, -0.1) is 0 Å². The number of carbonyl (C=O) groups excluding carboxylic acids is 2. The second-order valence-corrected chi connectivity index (χ2v) is 6.42. The Labute approximate surface area is 147 Å². The molecule has 2 amide bonds. The molecule has 2 aliphatic heterocycles. The van der Waals surface area contributed by atoms with Crippen LogP contribution in [0.25, 0.3) is 0 Å². The average Bonchev–Trinajstić information content (AvgIpc) is 2.67. The van der Waals surface area contributed by atoms with Crippen LogP contribution in [0.5, 0.6) is 0 Å². The smallest absolute Gasteiger partial charge is 0.256 e. The van der Waals surface area contributed by atoms with Gasteiger partial charge in [-0.2, -0.15) is 0 Å². The Morgan fingerprint density at radius 3 is 2.28 bits per heavy atom. The Balaban J connectivity index is 1.55. The summed E-state index contributed by atoms with van der Waals surface area (Å²) in [6.45, 7) is 6.55. The van der Waals surface area contributed by atoms with E-state index in [-0.39, 0.29) is 23.4 Å². The molecule has 1 aromatic carbocycles. The van der Waals surface area contributed by atoms with E-state index in [2.05, 4.69) is 4.90 Å². The number of hydrogen-bond acceptors (Lipinski definition) is 4. The highest BCUT2D eigenvalue weighted by Gasteiger charge is 2.31. The van der Waals surface area contributed by atoms with Crippen LogP contribution >= 0.6 is 0 Å². The average molecular weight is 349 g/mol. The molecule has 0 bridgehead atoms. The zero-order valence-corrected chi connectivity index (χ0v) is 14.5. The molecule has 1 unspecified atom stereocenters. The number of carbonyl (C=O) groups is 2. The summed E-state index contributed by atoms with van der Waals surface area (Å²) in [5.41, 5.74) is 0.105. The van der Waals surface area contributed by atoms with Gasteiger partial charge >= 0.3 is 0 Å². The van der Waals surface area contributed by atoms with Gasteiger partial charge in [0.1, 0.15) is 5.82 Å². The summed E-state index contributed by atoms with van der Waals surface area (Å²) in [5, 5.41) is 0. The van der Waals surface area contributed by atoms with Gasteiger partial charge in [0.15, 0.2) is 0 Å². The Hall–Kier alpha value is -1.99. The molecule has 2 saturated heterocycles. The van der Waals surface area contributed by atoms with E-state index in [4.69, 9.17) is 4.74 Å². The molecule has 6 nitrogen and oxygen atoms in total. The van der Waals surface area contributed by atoms with Crippen molar-refractivity contribution >= 4 is 11.8 Å². The number of piperazine rings is 1. The molecule has 2 fully saturated rings. The van der Waals surface area contributed by atoms with Gasteiger partial charge < -0.3 is 14.5 Å². The molecule has 3 rings (SSSR count). The van der Waals surface area contributed by atoms with Crippen molar-refractivity contribution in [2.45, 2.75) is 13.0 Å². The second-order valence-electron chi connectivity index (χ2n) is 6.42. The van der Waals surface area contributed by atoms with Crippen molar-refractivity contribution in [2.24, 2.45) is 0 Å². The highest BCUT2D eigenvalue weighted by molar-refractivity contribution is 5.94. The lowest BCUT2D eigenvalue weighted by Crippen LogP contribution is -2.56. The number of morpholine rings is 1. The first-order valence-corrected chi connectivity index (χ1v) is 8.72. The first kappa shape index (κ1) is 17.8. The van der Waals surface area contributed by atoms with Crippen molar-refractivity contribution in [3.05, 3.63) is 35.6 Å². The molecule has 1 aromatic rings. The highest BCUT2D eigenvalue weighted by atomic mass is 19.1. The van der Waals surface area contributed by atoms with E-state index in [0.717, 1.165) is 0 Å². The lowest BCUT2D eigenvalue weighted by atomic mass is 10.1. The van der Waals surface area contributed by atoms with E-state index in [9.17, 15) is 14.0 Å². The predicted molar refractivity (Wildman–Crippen MR) is 90.7 cm³/mol. The number of ether oxygens (including phenoxy) is 1. The molecule has 2 aliphatic rings. The molecular weight excluding hydrogens is 325 g/mol. The Morgan fingerprint density at radius 2 is 1.64 bits per heavy atom. The number of benzene rings is 1. The van der Waals surface area contributed by atoms with Crippen molar-refractivity contribution in [3.8, 4) is 0 Å². The molecular formula is C18H24FN3O3. The van der Waals surface area contributed by atoms with E-state index < -0.39 is 5.82 Å². The van der Waals surface area contributed by atoms with Crippen LogP contribution in [-0.4, -0.2) is 85.0 Å². The molecule has 0 spiro atoms. The van der Waals surface area contributed by atoms with Gasteiger partial charge in [0.05, 0.1) is 24.8 Å². The molecule has 2 heterocycles. The Kier molecular flexibility index (Phi) is 5.65. The highest BCUT2D eigenvalue weighted by Crippen LogP contribution is 2.14. The zero-order valence-electron chi connectivity index (χ0n) is 14.5. The third-order valence-electron chi connectivity index (χ3n) is 4.93. The summed E-state index contributed by atoms with van der Waals surface area (Å²) >= 11 is 0. The summed E-state index contributed by atoms with van der Waals surface area (Å²) in [6.07, 6.45) is 0. The van der Waals surface area contributed by atoms with Crippen LogP contribution in [-0.2, 0) is 9.53 Å². The van der Waals surface area contributed by atoms with Gasteiger partial charge in [-0.1, -0.05) is 12.1 Å². The topological polar surface area (TPSA) is 53.1 Å². The lowest BCUT2D eigenvalue weighted by Gasteiger charge is -2.39. The fourth-order valence-corrected chi connectivity index (χ4v) is 3.32. The fourth-order valence-electron chi connectivity index (χ4n) is 3.32. The number of halogens is 1. The minimum absolute atomic E-state index is 0.105. The quantitative estimate of drug-likeness (QED) is 0.811. The number of nitrogens with zero attached hydrogens (tertiary/aromatic N) is 3. The summed E-state index contributed by atoms with van der Waals surface area (Å²) in [6, 6.07) is 5.82. The van der Waals surface area contributed by atoms with Gasteiger partial charge in [-0.25, -0.2) is 4.39 Å². The molecule has 0 N–H and O–H groups in total. The van der Waals surface area contributed by atoms with Crippen molar-refractivity contribution in [1.82, 2.24) is 14.7 Å². The van der Waals surface area contributed by atoms with Crippen LogP contribution in [0.3, 0.4) is 0 Å². The van der Waals surface area contributed by atoms with Crippen LogP contribution in [0, 0.1) is 5.82 Å². The monoisotopic (exact) mass is 349 g/mol. The molecule has 0 aromatic heterocycles. The maximum atomic E-state index is 13.8. The van der Waals surface area contributed by atoms with Gasteiger partial charge in [-0.05, 0) is 19.1 Å². The van der Waals surface area contributed by atoms with Gasteiger partial charge in [-0.3, -0.25) is 14.5 Å². The molecule has 25 heavy (non-hydrogen) atoms. The van der Waals surface area contributed by atoms with Crippen LogP contribution < -0.4 is 0 Å². The van der Waals surface area contributed by atoms with Crippen molar-refractivity contribution in [2.75, 3.05) is 52.5 Å². The molecule has 136 valence electrons. The SMILES string of the molecule is CC(C(=O)N1CCOCC1)N1CCN(C(=O)c2ccccc2F)CC1. The summed E-state index contributed by atoms with van der Waals surface area (Å²) in [7, 11) is 0. The largest absolute Gasteiger partial charge is 0.378 e. The number of hydrogen-bond donors (Lipinski definition) is 0. The van der Waals surface area contributed by atoms with E-state index in [1.165, 1.54) is 12.1 Å². The maximum absolute atomic E-state index is 13.8. The molecule has 0 saturated carbocycles. The van der Waals surface area contributed by atoms with E-state index in [0.29, 0.717) is 52.5 Å². The number of rotatable bonds is 3. The maximum Gasteiger partial charge on any atom is 0.256 e. The van der Waals surface area contributed by atoms with Crippen LogP contribution in [0.1, 0.15) is 17.3 Å². The number of amides is 2. The van der Waals surface area contributed by atoms with E-state index in [1.807, 2.05) is 11.8 Å². The van der Waals surface area contributed by atoms with Crippen molar-refractivity contribution in [1.29, 1.82) is 0 Å². The molecule has 0 aliphatic carbocycles. The predicted octanol–water partition coefficient (Wildman–Crippen LogP) is 0.831. The minimum Gasteiger partial charge on any atom is -0.378 e. The van der Waals surface area contributed by atoms with Crippen LogP contribution in [0.15, 0.2) is 24.3 Å². The summed E-state index contributed by atoms with van der Waals surface area (Å²) in [4.78, 5) is 30.6. The van der Waals surface area contributed by atoms with Crippen molar-refractivity contribution in [3.63, 3.8) is 0 Å². The van der Waals surface area contributed by atoms with Crippen LogP contribution in [0.2, 0.25) is 0 Å². The summed E-state index contributed by atoms with van der Waals surface area (Å²) in [5.74, 6) is -0.673. The first-order valence-electron chi connectivity index (χ1n) is 8.72. The van der Waals surface area contributed by atoms with Gasteiger partial charge in [0.2, 0.25) is 5.91 Å². The molecule has 1 atom stereocenters. The third kappa shape index (κ3) is 3.99. The Bertz CT molecular complexity index is 626. The third-order valence-corrected chi connectivity index (χ3v) is 4.93. The van der Waals surface area contributed by atoms with E-state index in [1.54, 1.807) is 17.0 Å². The minimum atomic E-state index is -0.495. The van der Waals surface area contributed by atoms with E-state index >= 15 is 0 Å². The van der Waals surface area contributed by atoms with Gasteiger partial charge in [0, 0.05) is 39.3 Å². The molecule has 0 radical (unpaired) electrons. The lowest BCUT2D eigenvalue weighted by molar-refractivity contribution is -0.141. The normalized spacial score (nSPS) is 20.4. The first-order chi connectivity index (χ1) is 12.1.